The molecule has 1 N–H and O–H groups in total. The molecule has 0 spiro atoms. The van der Waals surface area contributed by atoms with E-state index in [0.29, 0.717) is 33.4 Å². The van der Waals surface area contributed by atoms with Crippen LogP contribution in [0.5, 0.6) is 0 Å². The predicted molar refractivity (Wildman–Crippen MR) is 90.9 cm³/mol. The lowest BCUT2D eigenvalue weighted by atomic mass is 10.1. The van der Waals surface area contributed by atoms with E-state index in [1.54, 1.807) is 6.20 Å². The Hall–Kier alpha value is -2.54. The molecule has 5 nitrogen and oxygen atoms in total. The number of carbonyl (C=O) groups excluding carboxylic acids is 1. The van der Waals surface area contributed by atoms with Crippen molar-refractivity contribution in [2.75, 3.05) is 0 Å². The van der Waals surface area contributed by atoms with Crippen molar-refractivity contribution in [2.24, 2.45) is 0 Å². The van der Waals surface area contributed by atoms with Crippen LogP contribution in [0.4, 0.5) is 0 Å². The minimum Gasteiger partial charge on any atom is -0.347 e. The molecule has 3 rings (SSSR count). The normalized spacial score (nSPS) is 10.5. The van der Waals surface area contributed by atoms with Gasteiger partial charge in [-0.25, -0.2) is 4.98 Å². The van der Waals surface area contributed by atoms with Crippen molar-refractivity contribution in [1.29, 1.82) is 0 Å². The quantitative estimate of drug-likeness (QED) is 0.742. The molecule has 1 amide bonds. The molecule has 2 heterocycles. The van der Waals surface area contributed by atoms with Gasteiger partial charge < -0.3 is 5.32 Å². The number of amides is 1. The van der Waals surface area contributed by atoms with E-state index in [9.17, 15) is 4.79 Å². The van der Waals surface area contributed by atoms with Gasteiger partial charge in [-0.1, -0.05) is 30.3 Å². The number of nitrogens with one attached hydrogen (secondary N) is 1. The molecule has 7 heteroatoms. The van der Waals surface area contributed by atoms with Crippen LogP contribution in [0.1, 0.15) is 20.9 Å². The van der Waals surface area contributed by atoms with Crippen molar-refractivity contribution < 1.29 is 4.79 Å². The number of rotatable bonds is 4. The van der Waals surface area contributed by atoms with Crippen LogP contribution in [0.2, 0.25) is 0 Å². The van der Waals surface area contributed by atoms with Crippen LogP contribution in [0.15, 0.2) is 42.7 Å². The number of aryl methyl sites for hydroxylation is 1. The van der Waals surface area contributed by atoms with Crippen molar-refractivity contribution in [1.82, 2.24) is 20.3 Å². The van der Waals surface area contributed by atoms with E-state index >= 15 is 0 Å². The zero-order valence-corrected chi connectivity index (χ0v) is 13.3. The average Bonchev–Trinajstić information content (AvgIpc) is 2.96. The van der Waals surface area contributed by atoms with E-state index < -0.39 is 0 Å². The lowest BCUT2D eigenvalue weighted by Crippen LogP contribution is -2.22. The van der Waals surface area contributed by atoms with Gasteiger partial charge in [0.1, 0.15) is 23.4 Å². The first-order chi connectivity index (χ1) is 11.1. The summed E-state index contributed by atoms with van der Waals surface area (Å²) in [6.45, 7) is 2.29. The highest BCUT2D eigenvalue weighted by atomic mass is 32.1. The minimum absolute atomic E-state index is 0.140. The molecule has 23 heavy (non-hydrogen) atoms. The molecule has 0 fully saturated rings. The molecule has 0 aliphatic heterocycles. The molecular formula is C16H13BN4OS. The Bertz CT molecular complexity index is 818. The molecular weight excluding hydrogens is 307 g/mol. The van der Waals surface area contributed by atoms with Gasteiger partial charge in [-0.3, -0.25) is 14.8 Å². The Morgan fingerprint density at radius 2 is 2.00 bits per heavy atom. The summed E-state index contributed by atoms with van der Waals surface area (Å²) in [7, 11) is 5.53. The number of hydrogen-bond donors (Lipinski definition) is 1. The average molecular weight is 320 g/mol. The van der Waals surface area contributed by atoms with E-state index in [-0.39, 0.29) is 5.91 Å². The molecule has 2 aromatic heterocycles. The fourth-order valence-corrected chi connectivity index (χ4v) is 2.97. The number of aromatic nitrogens is 3. The highest BCUT2D eigenvalue weighted by Gasteiger charge is 2.16. The highest BCUT2D eigenvalue weighted by molar-refractivity contribution is 7.17. The van der Waals surface area contributed by atoms with Crippen LogP contribution in [0.3, 0.4) is 0 Å². The second-order valence-electron chi connectivity index (χ2n) is 4.93. The Morgan fingerprint density at radius 3 is 2.70 bits per heavy atom. The Balaban J connectivity index is 1.75. The monoisotopic (exact) mass is 320 g/mol. The first-order valence-corrected chi connectivity index (χ1v) is 7.82. The van der Waals surface area contributed by atoms with Crippen LogP contribution in [-0.2, 0) is 6.54 Å². The van der Waals surface area contributed by atoms with Crippen molar-refractivity contribution in [3.05, 3.63) is 58.9 Å². The largest absolute Gasteiger partial charge is 0.347 e. The second-order valence-corrected chi connectivity index (χ2v) is 5.93. The summed E-state index contributed by atoms with van der Waals surface area (Å²) in [5.41, 5.74) is 2.68. The molecule has 0 atom stereocenters. The van der Waals surface area contributed by atoms with Gasteiger partial charge in [0.2, 0.25) is 0 Å². The van der Waals surface area contributed by atoms with Crippen LogP contribution in [0, 0.1) is 6.92 Å². The standard InChI is InChI=1S/C16H13BN4OS/c1-10-14(15(22)20-7-11-5-3-2-4-6-11)23-16(21-10)12-8-19-13(17)9-18-12/h2-6,8-9H,7H2,1H3,(H,20,22). The summed E-state index contributed by atoms with van der Waals surface area (Å²) in [4.78, 5) is 25.5. The predicted octanol–water partition coefficient (Wildman–Crippen LogP) is 1.63. The van der Waals surface area contributed by atoms with E-state index in [4.69, 9.17) is 7.85 Å². The summed E-state index contributed by atoms with van der Waals surface area (Å²) in [5, 5.41) is 3.56. The third-order valence-electron chi connectivity index (χ3n) is 3.19. The fraction of sp³-hybridized carbons (Fsp3) is 0.125. The van der Waals surface area contributed by atoms with Crippen molar-refractivity contribution in [3.8, 4) is 10.7 Å². The van der Waals surface area contributed by atoms with Crippen LogP contribution in [0.25, 0.3) is 10.7 Å². The number of benzene rings is 1. The summed E-state index contributed by atoms with van der Waals surface area (Å²) in [5.74, 6) is -0.140. The molecule has 1 aromatic carbocycles. The van der Waals surface area contributed by atoms with Gasteiger partial charge in [-0.2, -0.15) is 0 Å². The minimum atomic E-state index is -0.140. The summed E-state index contributed by atoms with van der Waals surface area (Å²) < 4.78 is 0. The molecule has 0 saturated heterocycles. The number of thiazole rings is 1. The molecule has 112 valence electrons. The molecule has 2 radical (unpaired) electrons. The molecule has 0 saturated carbocycles. The lowest BCUT2D eigenvalue weighted by Gasteiger charge is -2.03. The molecule has 0 aliphatic carbocycles. The van der Waals surface area contributed by atoms with Crippen LogP contribution < -0.4 is 10.9 Å². The maximum atomic E-state index is 12.3. The smallest absolute Gasteiger partial charge is 0.263 e. The zero-order valence-electron chi connectivity index (χ0n) is 12.5. The summed E-state index contributed by atoms with van der Waals surface area (Å²) in [6.07, 6.45) is 3.03. The molecule has 0 bridgehead atoms. The van der Waals surface area contributed by atoms with Gasteiger partial charge >= 0.3 is 0 Å². The van der Waals surface area contributed by atoms with E-state index in [0.717, 1.165) is 5.56 Å². The number of nitrogens with zero attached hydrogens (tertiary/aromatic N) is 3. The van der Waals surface area contributed by atoms with Crippen molar-refractivity contribution in [2.45, 2.75) is 13.5 Å². The van der Waals surface area contributed by atoms with Gasteiger partial charge in [-0.05, 0) is 12.5 Å². The van der Waals surface area contributed by atoms with Crippen LogP contribution in [-0.4, -0.2) is 28.7 Å². The number of hydrogen-bond acceptors (Lipinski definition) is 5. The summed E-state index contributed by atoms with van der Waals surface area (Å²) >= 11 is 1.30. The van der Waals surface area contributed by atoms with Crippen LogP contribution >= 0.6 is 11.3 Å². The van der Waals surface area contributed by atoms with Gasteiger partial charge in [0, 0.05) is 18.3 Å². The first kappa shape index (κ1) is 15.4. The Kier molecular flexibility index (Phi) is 4.48. The maximum absolute atomic E-state index is 12.3. The third kappa shape index (κ3) is 3.63. The van der Waals surface area contributed by atoms with Gasteiger partial charge in [0.25, 0.3) is 5.91 Å². The molecule has 0 unspecified atom stereocenters. The lowest BCUT2D eigenvalue weighted by molar-refractivity contribution is 0.0954. The molecule has 3 aromatic rings. The first-order valence-electron chi connectivity index (χ1n) is 7.01. The van der Waals surface area contributed by atoms with Gasteiger partial charge in [0.15, 0.2) is 0 Å². The second kappa shape index (κ2) is 6.70. The van der Waals surface area contributed by atoms with Crippen molar-refractivity contribution in [3.63, 3.8) is 0 Å². The van der Waals surface area contributed by atoms with E-state index in [1.807, 2.05) is 37.3 Å². The topological polar surface area (TPSA) is 67.8 Å². The third-order valence-corrected chi connectivity index (χ3v) is 4.37. The highest BCUT2D eigenvalue weighted by Crippen LogP contribution is 2.25. The zero-order chi connectivity index (χ0) is 16.2. The van der Waals surface area contributed by atoms with Crippen molar-refractivity contribution >= 4 is 30.7 Å². The fourth-order valence-electron chi connectivity index (χ4n) is 2.02. The van der Waals surface area contributed by atoms with Gasteiger partial charge in [-0.15, -0.1) is 11.3 Å². The Labute approximate surface area is 139 Å². The maximum Gasteiger partial charge on any atom is 0.263 e. The Morgan fingerprint density at radius 1 is 1.22 bits per heavy atom. The molecule has 0 aliphatic rings. The van der Waals surface area contributed by atoms with Gasteiger partial charge in [0.05, 0.1) is 11.9 Å². The number of carbonyl (C=O) groups is 1. The van der Waals surface area contributed by atoms with E-state index in [1.165, 1.54) is 17.5 Å². The van der Waals surface area contributed by atoms with E-state index in [2.05, 4.69) is 20.3 Å². The summed E-state index contributed by atoms with van der Waals surface area (Å²) in [6, 6.07) is 9.76. The SMILES string of the molecule is [B]c1cnc(-c2nc(C)c(C(=O)NCc3ccccc3)s2)cn1.